The molecule has 0 aliphatic rings. The Hall–Kier alpha value is -1.76. The second-order valence-corrected chi connectivity index (χ2v) is 3.91. The molecular weight excluding hydrogens is 288 g/mol. The number of aromatic nitrogens is 3. The van der Waals surface area contributed by atoms with Gasteiger partial charge in [-0.2, -0.15) is 5.10 Å². The molecule has 0 N–H and O–H groups in total. The molecule has 0 spiro atoms. The molecule has 0 aliphatic carbocycles. The fraction of sp³-hybridized carbons (Fsp3) is 0.200. The van der Waals surface area contributed by atoms with E-state index in [1.54, 1.807) is 19.1 Å². The van der Waals surface area contributed by atoms with E-state index in [4.69, 9.17) is 4.42 Å². The predicted molar refractivity (Wildman–Crippen MR) is 64.4 cm³/mol. The predicted octanol–water partition coefficient (Wildman–Crippen LogP) is 2.26. The molecule has 0 radical (unpaired) electrons. The number of nitrogens with zero attached hydrogens (tertiary/aromatic N) is 4. The third kappa shape index (κ3) is 2.68. The highest BCUT2D eigenvalue weighted by Gasteiger charge is 2.09. The Balaban J connectivity index is 2.38. The van der Waals surface area contributed by atoms with E-state index in [1.165, 1.54) is 13.3 Å². The lowest BCUT2D eigenvalue weighted by atomic mass is 10.3. The number of furan rings is 1. The van der Waals surface area contributed by atoms with Gasteiger partial charge in [0.25, 0.3) is 0 Å². The lowest BCUT2D eigenvalue weighted by molar-refractivity contribution is 0.213. The zero-order valence-corrected chi connectivity index (χ0v) is 10.8. The number of halogens is 1. The molecule has 0 aliphatic heterocycles. The quantitative estimate of drug-likeness (QED) is 0.642. The van der Waals surface area contributed by atoms with E-state index in [0.717, 1.165) is 0 Å². The molecule has 17 heavy (non-hydrogen) atoms. The van der Waals surface area contributed by atoms with Crippen molar-refractivity contribution in [1.29, 1.82) is 0 Å². The van der Waals surface area contributed by atoms with Crippen LogP contribution in [0.5, 0.6) is 0 Å². The Kier molecular flexibility index (Phi) is 3.48. The average molecular weight is 297 g/mol. The highest BCUT2D eigenvalue weighted by molar-refractivity contribution is 9.10. The fourth-order valence-electron chi connectivity index (χ4n) is 1.20. The molecule has 6 nitrogen and oxygen atoms in total. The molecule has 0 aromatic carbocycles. The summed E-state index contributed by atoms with van der Waals surface area (Å²) in [6, 6.07) is 3.52. The van der Waals surface area contributed by atoms with Gasteiger partial charge in [-0.15, -0.1) is 5.10 Å². The van der Waals surface area contributed by atoms with Crippen molar-refractivity contribution in [2.75, 3.05) is 7.11 Å². The summed E-state index contributed by atoms with van der Waals surface area (Å²) >= 11 is 3.22. The Bertz CT molecular complexity index is 553. The molecule has 0 unspecified atom stereocenters. The first-order valence-electron chi connectivity index (χ1n) is 4.74. The van der Waals surface area contributed by atoms with Crippen molar-refractivity contribution < 1.29 is 9.25 Å². The molecular formula is C10H9BrN4O2. The van der Waals surface area contributed by atoms with Crippen molar-refractivity contribution in [1.82, 2.24) is 15.2 Å². The van der Waals surface area contributed by atoms with Gasteiger partial charge in [0.15, 0.2) is 10.4 Å². The maximum Gasteiger partial charge on any atom is 0.218 e. The van der Waals surface area contributed by atoms with Gasteiger partial charge in [-0.25, -0.2) is 4.98 Å². The number of hydrogen-bond donors (Lipinski definition) is 0. The smallest absolute Gasteiger partial charge is 0.218 e. The highest BCUT2D eigenvalue weighted by atomic mass is 79.9. The molecule has 2 rings (SSSR count). The SMILES string of the molecule is CO/N=C(\C)c1cnnc(-c2ccc(Br)o2)n1. The molecule has 2 aromatic rings. The van der Waals surface area contributed by atoms with Crippen LogP contribution in [0.1, 0.15) is 12.6 Å². The monoisotopic (exact) mass is 296 g/mol. The van der Waals surface area contributed by atoms with E-state index in [1.807, 2.05) is 0 Å². The Labute approximate surface area is 106 Å². The molecule has 0 bridgehead atoms. The summed E-state index contributed by atoms with van der Waals surface area (Å²) in [7, 11) is 1.47. The zero-order valence-electron chi connectivity index (χ0n) is 9.22. The summed E-state index contributed by atoms with van der Waals surface area (Å²) in [5, 5.41) is 11.5. The minimum Gasteiger partial charge on any atom is -0.446 e. The summed E-state index contributed by atoms with van der Waals surface area (Å²) in [6.07, 6.45) is 1.51. The number of rotatable bonds is 3. The van der Waals surface area contributed by atoms with Gasteiger partial charge in [-0.1, -0.05) is 5.16 Å². The second kappa shape index (κ2) is 5.05. The van der Waals surface area contributed by atoms with Crippen molar-refractivity contribution in [2.24, 2.45) is 5.16 Å². The maximum atomic E-state index is 5.34. The standard InChI is InChI=1S/C10H9BrN4O2/c1-6(15-16-2)7-5-12-14-10(13-7)8-3-4-9(11)17-8/h3-5H,1-2H3/b15-6+. The molecule has 0 fully saturated rings. The molecule has 0 amide bonds. The molecule has 2 aromatic heterocycles. The Morgan fingerprint density at radius 1 is 1.47 bits per heavy atom. The Morgan fingerprint density at radius 2 is 2.29 bits per heavy atom. The molecule has 88 valence electrons. The van der Waals surface area contributed by atoms with Crippen LogP contribution < -0.4 is 0 Å². The van der Waals surface area contributed by atoms with Gasteiger partial charge in [-0.05, 0) is 35.0 Å². The molecule has 0 atom stereocenters. The molecule has 0 saturated heterocycles. The van der Waals surface area contributed by atoms with E-state index in [-0.39, 0.29) is 0 Å². The van der Waals surface area contributed by atoms with Gasteiger partial charge in [0.2, 0.25) is 5.82 Å². The third-order valence-corrected chi connectivity index (χ3v) is 2.38. The minimum atomic E-state index is 0.402. The minimum absolute atomic E-state index is 0.402. The van der Waals surface area contributed by atoms with E-state index in [9.17, 15) is 0 Å². The number of hydrogen-bond acceptors (Lipinski definition) is 6. The van der Waals surface area contributed by atoms with E-state index < -0.39 is 0 Å². The van der Waals surface area contributed by atoms with Crippen molar-refractivity contribution in [3.05, 3.63) is 28.7 Å². The molecule has 2 heterocycles. The first-order chi connectivity index (χ1) is 8.20. The zero-order chi connectivity index (χ0) is 12.3. The molecule has 0 saturated carbocycles. The van der Waals surface area contributed by atoms with Crippen LogP contribution in [0.25, 0.3) is 11.6 Å². The van der Waals surface area contributed by atoms with Crippen LogP contribution in [0.15, 0.2) is 32.6 Å². The highest BCUT2D eigenvalue weighted by Crippen LogP contribution is 2.21. The first-order valence-corrected chi connectivity index (χ1v) is 5.53. The topological polar surface area (TPSA) is 73.4 Å². The van der Waals surface area contributed by atoms with E-state index in [0.29, 0.717) is 27.7 Å². The van der Waals surface area contributed by atoms with Gasteiger partial charge in [-0.3, -0.25) is 0 Å². The Morgan fingerprint density at radius 3 is 2.94 bits per heavy atom. The van der Waals surface area contributed by atoms with Crippen LogP contribution in [0.2, 0.25) is 0 Å². The van der Waals surface area contributed by atoms with Crippen LogP contribution in [-0.4, -0.2) is 28.0 Å². The van der Waals surface area contributed by atoms with Gasteiger partial charge >= 0.3 is 0 Å². The largest absolute Gasteiger partial charge is 0.446 e. The summed E-state index contributed by atoms with van der Waals surface area (Å²) in [6.45, 7) is 1.77. The van der Waals surface area contributed by atoms with Crippen LogP contribution in [0.4, 0.5) is 0 Å². The van der Waals surface area contributed by atoms with Crippen LogP contribution in [-0.2, 0) is 4.84 Å². The maximum absolute atomic E-state index is 5.34. The van der Waals surface area contributed by atoms with E-state index in [2.05, 4.69) is 41.1 Å². The second-order valence-electron chi connectivity index (χ2n) is 3.13. The van der Waals surface area contributed by atoms with Crippen molar-refractivity contribution in [3.63, 3.8) is 0 Å². The lowest BCUT2D eigenvalue weighted by Gasteiger charge is -1.99. The van der Waals surface area contributed by atoms with Gasteiger partial charge in [0, 0.05) is 0 Å². The van der Waals surface area contributed by atoms with Crippen molar-refractivity contribution in [2.45, 2.75) is 6.92 Å². The normalized spacial score (nSPS) is 11.6. The van der Waals surface area contributed by atoms with E-state index >= 15 is 0 Å². The fourth-order valence-corrected chi connectivity index (χ4v) is 1.51. The van der Waals surface area contributed by atoms with Crippen LogP contribution >= 0.6 is 15.9 Å². The molecule has 7 heteroatoms. The van der Waals surface area contributed by atoms with Gasteiger partial charge < -0.3 is 9.25 Å². The van der Waals surface area contributed by atoms with Gasteiger partial charge in [0.05, 0.1) is 6.20 Å². The summed E-state index contributed by atoms with van der Waals surface area (Å²) in [5.74, 6) is 0.940. The third-order valence-electron chi connectivity index (χ3n) is 1.95. The van der Waals surface area contributed by atoms with Gasteiger partial charge in [0.1, 0.15) is 18.5 Å². The van der Waals surface area contributed by atoms with Crippen molar-refractivity contribution in [3.8, 4) is 11.6 Å². The first kappa shape index (κ1) is 11.7. The summed E-state index contributed by atoms with van der Waals surface area (Å²) in [4.78, 5) is 8.95. The van der Waals surface area contributed by atoms with Crippen molar-refractivity contribution >= 4 is 21.6 Å². The summed E-state index contributed by atoms with van der Waals surface area (Å²) in [5.41, 5.74) is 1.21. The number of oxime groups is 1. The summed E-state index contributed by atoms with van der Waals surface area (Å²) < 4.78 is 5.96. The lowest BCUT2D eigenvalue weighted by Crippen LogP contribution is -2.03. The van der Waals surface area contributed by atoms with Crippen LogP contribution in [0.3, 0.4) is 0 Å². The average Bonchev–Trinajstić information content (AvgIpc) is 2.76. The van der Waals surface area contributed by atoms with Crippen LogP contribution in [0, 0.1) is 0 Å².